The van der Waals surface area contributed by atoms with Gasteiger partial charge in [-0.2, -0.15) is 0 Å². The van der Waals surface area contributed by atoms with Crippen LogP contribution in [0, 0.1) is 6.92 Å². The summed E-state index contributed by atoms with van der Waals surface area (Å²) in [6, 6.07) is 11.5. The molecule has 1 saturated heterocycles. The average molecular weight is 457 g/mol. The highest BCUT2D eigenvalue weighted by Crippen LogP contribution is 2.40. The van der Waals surface area contributed by atoms with Crippen molar-refractivity contribution in [1.29, 1.82) is 0 Å². The number of aryl methyl sites for hydroxylation is 1. The Labute approximate surface area is 194 Å². The number of aliphatic hydroxyl groups is 1. The molecule has 0 bridgehead atoms. The van der Waals surface area contributed by atoms with Crippen LogP contribution in [0.1, 0.15) is 36.6 Å². The summed E-state index contributed by atoms with van der Waals surface area (Å²) in [4.78, 5) is 29.9. The second kappa shape index (κ2) is 10.2. The molecule has 1 N–H and O–H groups in total. The first-order chi connectivity index (χ1) is 15.3. The second-order valence-electron chi connectivity index (χ2n) is 7.75. The van der Waals surface area contributed by atoms with Gasteiger partial charge in [-0.25, -0.2) is 0 Å². The molecule has 2 aromatic rings. The van der Waals surface area contributed by atoms with E-state index in [9.17, 15) is 14.7 Å². The lowest BCUT2D eigenvalue weighted by atomic mass is 9.94. The maximum Gasteiger partial charge on any atom is 0.295 e. The van der Waals surface area contributed by atoms with Crippen molar-refractivity contribution in [3.63, 3.8) is 0 Å². The molecular weight excluding hydrogens is 428 g/mol. The molecule has 0 saturated carbocycles. The van der Waals surface area contributed by atoms with E-state index in [2.05, 4.69) is 18.7 Å². The third kappa shape index (κ3) is 4.66. The predicted molar refractivity (Wildman–Crippen MR) is 126 cm³/mol. The molecule has 0 radical (unpaired) electrons. The number of likely N-dealkylation sites (tertiary alicyclic amines) is 1. The zero-order valence-electron chi connectivity index (χ0n) is 18.9. The van der Waals surface area contributed by atoms with Gasteiger partial charge in [0, 0.05) is 23.7 Å². The van der Waals surface area contributed by atoms with Crippen LogP contribution >= 0.6 is 11.6 Å². The Balaban J connectivity index is 2.12. The van der Waals surface area contributed by atoms with E-state index in [0.717, 1.165) is 24.2 Å². The molecule has 0 spiro atoms. The number of rotatable bonds is 8. The zero-order chi connectivity index (χ0) is 23.4. The third-order valence-corrected chi connectivity index (χ3v) is 6.22. The fourth-order valence-electron chi connectivity index (χ4n) is 4.07. The van der Waals surface area contributed by atoms with Crippen LogP contribution in [0.4, 0.5) is 0 Å². The van der Waals surface area contributed by atoms with Crippen molar-refractivity contribution < 1.29 is 19.4 Å². The van der Waals surface area contributed by atoms with Gasteiger partial charge in [0.05, 0.1) is 18.7 Å². The monoisotopic (exact) mass is 456 g/mol. The molecule has 6 nitrogen and oxygen atoms in total. The van der Waals surface area contributed by atoms with Crippen LogP contribution in [-0.4, -0.2) is 59.9 Å². The van der Waals surface area contributed by atoms with E-state index in [1.54, 1.807) is 54.5 Å². The lowest BCUT2D eigenvalue weighted by molar-refractivity contribution is -0.140. The molecule has 32 heavy (non-hydrogen) atoms. The highest BCUT2D eigenvalue weighted by atomic mass is 35.5. The number of benzene rings is 2. The summed E-state index contributed by atoms with van der Waals surface area (Å²) in [5.74, 6) is -0.830. The largest absolute Gasteiger partial charge is 0.507 e. The summed E-state index contributed by atoms with van der Waals surface area (Å²) in [7, 11) is 1.57. The van der Waals surface area contributed by atoms with E-state index < -0.39 is 17.7 Å². The van der Waals surface area contributed by atoms with Gasteiger partial charge in [0.2, 0.25) is 0 Å². The molecule has 1 aliphatic heterocycles. The molecule has 170 valence electrons. The molecule has 0 aliphatic carbocycles. The minimum atomic E-state index is -0.690. The van der Waals surface area contributed by atoms with Gasteiger partial charge in [-0.3, -0.25) is 9.59 Å². The Morgan fingerprint density at radius 1 is 1.12 bits per heavy atom. The van der Waals surface area contributed by atoms with E-state index in [1.165, 1.54) is 0 Å². The van der Waals surface area contributed by atoms with Crippen LogP contribution in [0.5, 0.6) is 5.75 Å². The first kappa shape index (κ1) is 23.8. The van der Waals surface area contributed by atoms with Crippen LogP contribution < -0.4 is 4.74 Å². The number of halogens is 1. The molecular formula is C25H29ClN2O4. The topological polar surface area (TPSA) is 70.1 Å². The number of likely N-dealkylation sites (N-methyl/N-ethyl adjacent to an activating group) is 1. The van der Waals surface area contributed by atoms with Gasteiger partial charge in [0.1, 0.15) is 11.5 Å². The number of hydrogen-bond donors (Lipinski definition) is 1. The van der Waals surface area contributed by atoms with Crippen LogP contribution in [0.25, 0.3) is 5.76 Å². The highest BCUT2D eigenvalue weighted by molar-refractivity contribution is 6.46. The number of Topliss-reactive ketones (excluding diaryl/α,β-unsaturated/α-hetero) is 1. The first-order valence-corrected chi connectivity index (χ1v) is 11.1. The number of amides is 1. The highest BCUT2D eigenvalue weighted by Gasteiger charge is 2.46. The Morgan fingerprint density at radius 2 is 1.78 bits per heavy atom. The molecule has 3 rings (SSSR count). The number of carbonyl (C=O) groups excluding carboxylic acids is 2. The molecule has 1 atom stereocenters. The first-order valence-electron chi connectivity index (χ1n) is 10.7. The number of nitrogens with zero attached hydrogens (tertiary/aromatic N) is 2. The Bertz CT molecular complexity index is 1030. The standard InChI is InChI=1S/C25H29ClN2O4/c1-5-27(6-2)13-14-28-22(17-7-9-18(26)10-8-17)21(24(30)25(28)31)23(29)20-12-11-19(32-4)15-16(20)3/h7-12,15,22,29H,5-6,13-14H2,1-4H3. The van der Waals surface area contributed by atoms with Crippen molar-refractivity contribution in [3.8, 4) is 5.75 Å². The molecule has 1 fully saturated rings. The molecule has 1 aliphatic rings. The van der Waals surface area contributed by atoms with Crippen LogP contribution in [0.2, 0.25) is 5.02 Å². The maximum absolute atomic E-state index is 13.1. The van der Waals surface area contributed by atoms with Crippen molar-refractivity contribution in [2.24, 2.45) is 0 Å². The number of ketones is 1. The summed E-state index contributed by atoms with van der Waals surface area (Å²) in [5, 5.41) is 11.8. The van der Waals surface area contributed by atoms with E-state index >= 15 is 0 Å². The van der Waals surface area contributed by atoms with Crippen molar-refractivity contribution in [2.45, 2.75) is 26.8 Å². The fourth-order valence-corrected chi connectivity index (χ4v) is 4.19. The van der Waals surface area contributed by atoms with Crippen molar-refractivity contribution in [1.82, 2.24) is 9.80 Å². The van der Waals surface area contributed by atoms with Gasteiger partial charge >= 0.3 is 0 Å². The van der Waals surface area contributed by atoms with Gasteiger partial charge in [0.15, 0.2) is 0 Å². The Morgan fingerprint density at radius 3 is 2.34 bits per heavy atom. The predicted octanol–water partition coefficient (Wildman–Crippen LogP) is 4.42. The minimum absolute atomic E-state index is 0.0881. The summed E-state index contributed by atoms with van der Waals surface area (Å²) < 4.78 is 5.24. The van der Waals surface area contributed by atoms with Crippen molar-refractivity contribution in [2.75, 3.05) is 33.3 Å². The maximum atomic E-state index is 13.1. The smallest absolute Gasteiger partial charge is 0.295 e. The van der Waals surface area contributed by atoms with Gasteiger partial charge in [-0.1, -0.05) is 37.6 Å². The Kier molecular flexibility index (Phi) is 7.59. The molecule has 1 amide bonds. The lowest BCUT2D eigenvalue weighted by Crippen LogP contribution is -2.38. The van der Waals surface area contributed by atoms with Crippen LogP contribution in [0.3, 0.4) is 0 Å². The Hall–Kier alpha value is -2.83. The van der Waals surface area contributed by atoms with E-state index in [1.807, 2.05) is 6.92 Å². The summed E-state index contributed by atoms with van der Waals surface area (Å²) in [5.41, 5.74) is 2.04. The van der Waals surface area contributed by atoms with E-state index in [-0.39, 0.29) is 11.3 Å². The van der Waals surface area contributed by atoms with Crippen LogP contribution in [-0.2, 0) is 9.59 Å². The van der Waals surface area contributed by atoms with Gasteiger partial charge in [-0.05, 0) is 61.5 Å². The summed E-state index contributed by atoms with van der Waals surface area (Å²) >= 11 is 6.07. The SMILES string of the molecule is CCN(CC)CCN1C(=O)C(=O)C(=C(O)c2ccc(OC)cc2C)C1c1ccc(Cl)cc1. The molecule has 2 aromatic carbocycles. The normalized spacial score (nSPS) is 17.9. The summed E-state index contributed by atoms with van der Waals surface area (Å²) in [6.07, 6.45) is 0. The fraction of sp³-hybridized carbons (Fsp3) is 0.360. The van der Waals surface area contributed by atoms with Crippen molar-refractivity contribution >= 4 is 29.1 Å². The molecule has 1 unspecified atom stereocenters. The molecule has 0 aromatic heterocycles. The lowest BCUT2D eigenvalue weighted by Gasteiger charge is -2.28. The van der Waals surface area contributed by atoms with Crippen LogP contribution in [0.15, 0.2) is 48.0 Å². The third-order valence-electron chi connectivity index (χ3n) is 5.97. The number of aliphatic hydroxyl groups excluding tert-OH is 1. The quantitative estimate of drug-likeness (QED) is 0.361. The molecule has 1 heterocycles. The summed E-state index contributed by atoms with van der Waals surface area (Å²) in [6.45, 7) is 8.63. The molecule has 7 heteroatoms. The number of ether oxygens (including phenoxy) is 1. The van der Waals surface area contributed by atoms with Crippen molar-refractivity contribution in [3.05, 3.63) is 69.8 Å². The number of carbonyl (C=O) groups is 2. The zero-order valence-corrected chi connectivity index (χ0v) is 19.6. The van der Waals surface area contributed by atoms with Gasteiger partial charge in [-0.15, -0.1) is 0 Å². The number of methoxy groups -OCH3 is 1. The second-order valence-corrected chi connectivity index (χ2v) is 8.19. The number of hydrogen-bond acceptors (Lipinski definition) is 5. The van der Waals surface area contributed by atoms with Gasteiger partial charge in [0.25, 0.3) is 11.7 Å². The average Bonchev–Trinajstić information content (AvgIpc) is 3.04. The van der Waals surface area contributed by atoms with Gasteiger partial charge < -0.3 is 19.6 Å². The minimum Gasteiger partial charge on any atom is -0.507 e. The van der Waals surface area contributed by atoms with E-state index in [4.69, 9.17) is 16.3 Å². The van der Waals surface area contributed by atoms with E-state index in [0.29, 0.717) is 29.4 Å².